The third-order valence-corrected chi connectivity index (χ3v) is 11.6. The molecule has 2 bridgehead atoms. The molecule has 3 saturated carbocycles. The number of anilines is 1. The van der Waals surface area contributed by atoms with Crippen LogP contribution in [-0.4, -0.2) is 59.5 Å². The highest BCUT2D eigenvalue weighted by molar-refractivity contribution is 7.88. The van der Waals surface area contributed by atoms with Crippen LogP contribution in [-0.2, 0) is 36.2 Å². The zero-order valence-corrected chi connectivity index (χ0v) is 24.9. The Hall–Kier alpha value is -2.37. The Kier molecular flexibility index (Phi) is 6.78. The summed E-state index contributed by atoms with van der Waals surface area (Å²) in [5, 5.41) is 0.972. The number of furan rings is 1. The molecule has 3 heterocycles. The van der Waals surface area contributed by atoms with Crippen LogP contribution >= 0.6 is 0 Å². The van der Waals surface area contributed by atoms with Crippen molar-refractivity contribution in [2.24, 2.45) is 17.3 Å². The first kappa shape index (κ1) is 27.5. The van der Waals surface area contributed by atoms with Crippen molar-refractivity contribution in [3.8, 4) is 0 Å². The highest BCUT2D eigenvalue weighted by Crippen LogP contribution is 2.65. The van der Waals surface area contributed by atoms with Crippen LogP contribution in [0.25, 0.3) is 11.0 Å². The van der Waals surface area contributed by atoms with E-state index in [1.165, 1.54) is 0 Å². The molecule has 2 aromatic carbocycles. The van der Waals surface area contributed by atoms with Crippen molar-refractivity contribution in [3.05, 3.63) is 65.9 Å². The number of hydrogen-bond acceptors (Lipinski definition) is 7. The summed E-state index contributed by atoms with van der Waals surface area (Å²) < 4.78 is 55.1. The molecule has 0 radical (unpaired) electrons. The van der Waals surface area contributed by atoms with Crippen molar-refractivity contribution >= 4 is 33.8 Å². The smallest absolute Gasteiger partial charge is 0.464 e. The molecular weight excluding hydrogens is 539 g/mol. The summed E-state index contributed by atoms with van der Waals surface area (Å²) in [6.45, 7) is 9.76. The van der Waals surface area contributed by atoms with Gasteiger partial charge in [-0.1, -0.05) is 44.2 Å². The number of nitrogens with one attached hydrogen (secondary N) is 1. The summed E-state index contributed by atoms with van der Waals surface area (Å²) in [5.74, 6) is 0.267. The molecule has 8 rings (SSSR count). The molecule has 0 amide bonds. The molecule has 0 unspecified atom stereocenters. The highest BCUT2D eigenvalue weighted by Gasteiger charge is 2.68. The number of rotatable bonds is 8. The van der Waals surface area contributed by atoms with Crippen LogP contribution in [0, 0.1) is 17.3 Å². The van der Waals surface area contributed by atoms with E-state index in [2.05, 4.69) is 30.4 Å². The second-order valence-corrected chi connectivity index (χ2v) is 14.8. The first-order valence-electron chi connectivity index (χ1n) is 14.8. The lowest BCUT2D eigenvalue weighted by Gasteiger charge is -2.64. The highest BCUT2D eigenvalue weighted by atomic mass is 32.2. The number of hydrogen-bond donors (Lipinski definition) is 1. The predicted molar refractivity (Wildman–Crippen MR) is 159 cm³/mol. The van der Waals surface area contributed by atoms with Gasteiger partial charge in [0.05, 0.1) is 42.9 Å². The number of sulfonamides is 1. The van der Waals surface area contributed by atoms with Gasteiger partial charge in [0.15, 0.2) is 0 Å². The second kappa shape index (κ2) is 10.1. The first-order chi connectivity index (χ1) is 19.6. The van der Waals surface area contributed by atoms with Crippen LogP contribution in [0.4, 0.5) is 5.69 Å². The Morgan fingerprint density at radius 3 is 2.68 bits per heavy atom. The minimum absolute atomic E-state index is 0.0393. The SMILES string of the molecule is CC1(C)[C@@H]2C[C@H]3OB([C@H](Cc4coc5ccccc45)NS(=O)(=O)Cc4cccc(N5CCOCC5)c4)O[C@@]3(C)[C@H]1C2. The average molecular weight is 579 g/mol. The van der Waals surface area contributed by atoms with Crippen molar-refractivity contribution in [2.45, 2.75) is 63.4 Å². The number of ether oxygens (including phenoxy) is 1. The van der Waals surface area contributed by atoms with E-state index < -0.39 is 28.7 Å². The summed E-state index contributed by atoms with van der Waals surface area (Å²) in [6, 6.07) is 15.6. The molecule has 3 aliphatic carbocycles. The molecule has 5 atom stereocenters. The van der Waals surface area contributed by atoms with Gasteiger partial charge in [0, 0.05) is 24.2 Å². The summed E-state index contributed by atoms with van der Waals surface area (Å²) >= 11 is 0. The fraction of sp³-hybridized carbons (Fsp3) is 0.548. The van der Waals surface area contributed by atoms with Crippen molar-refractivity contribution in [3.63, 3.8) is 0 Å². The fourth-order valence-corrected chi connectivity index (χ4v) is 9.21. The van der Waals surface area contributed by atoms with E-state index in [0.29, 0.717) is 31.5 Å². The number of benzene rings is 2. The van der Waals surface area contributed by atoms with Gasteiger partial charge >= 0.3 is 7.12 Å². The number of para-hydroxylation sites is 1. The number of morpholine rings is 1. The van der Waals surface area contributed by atoms with Gasteiger partial charge in [0.1, 0.15) is 5.58 Å². The largest absolute Gasteiger partial charge is 0.477 e. The summed E-state index contributed by atoms with van der Waals surface area (Å²) in [7, 11) is -4.43. The van der Waals surface area contributed by atoms with Gasteiger partial charge in [0.2, 0.25) is 10.0 Å². The Labute approximate surface area is 242 Å². The lowest BCUT2D eigenvalue weighted by atomic mass is 9.43. The molecule has 5 aliphatic rings. The average Bonchev–Trinajstić information content (AvgIpc) is 3.53. The molecule has 8 nitrogen and oxygen atoms in total. The molecule has 2 saturated heterocycles. The van der Waals surface area contributed by atoms with Crippen molar-refractivity contribution in [1.82, 2.24) is 4.72 Å². The summed E-state index contributed by atoms with van der Waals surface area (Å²) in [5.41, 5.74) is 3.23. The zero-order chi connectivity index (χ0) is 28.4. The standard InChI is InChI=1S/C31H39BN2O6S/c1-30(2)23-17-27(30)31(3)28(18-23)39-32(40-31)29(16-22-19-38-26-10-5-4-9-25(22)26)33-41(35,36)20-21-7-6-8-24(15-21)34-11-13-37-14-12-34/h4-10,15,19,23,27-29,33H,11-14,16-18,20H2,1-3H3/t23-,27-,28+,29-,31-/m0/s1. The Morgan fingerprint density at radius 2 is 1.88 bits per heavy atom. The van der Waals surface area contributed by atoms with Gasteiger partial charge < -0.3 is 23.4 Å². The van der Waals surface area contributed by atoms with Crippen molar-refractivity contribution in [2.75, 3.05) is 31.2 Å². The Morgan fingerprint density at radius 1 is 1.07 bits per heavy atom. The molecule has 1 N–H and O–H groups in total. The van der Waals surface area contributed by atoms with E-state index in [1.54, 1.807) is 6.26 Å². The minimum atomic E-state index is -3.74. The van der Waals surface area contributed by atoms with Gasteiger partial charge in [-0.05, 0) is 72.8 Å². The maximum atomic E-state index is 13.7. The van der Waals surface area contributed by atoms with Crippen LogP contribution in [0.15, 0.2) is 59.2 Å². The molecule has 3 aromatic rings. The zero-order valence-electron chi connectivity index (χ0n) is 24.0. The fourth-order valence-electron chi connectivity index (χ4n) is 7.85. The maximum Gasteiger partial charge on any atom is 0.477 e. The third-order valence-electron chi connectivity index (χ3n) is 10.3. The molecule has 10 heteroatoms. The summed E-state index contributed by atoms with van der Waals surface area (Å²) in [4.78, 5) is 2.23. The topological polar surface area (TPSA) is 90.2 Å². The van der Waals surface area contributed by atoms with Crippen LogP contribution in [0.1, 0.15) is 44.7 Å². The number of nitrogens with zero attached hydrogens (tertiary/aromatic N) is 1. The second-order valence-electron chi connectivity index (χ2n) is 13.1. The van der Waals surface area contributed by atoms with Crippen LogP contribution in [0.3, 0.4) is 0 Å². The molecular formula is C31H39BN2O6S. The lowest BCUT2D eigenvalue weighted by Crippen LogP contribution is -2.65. The maximum absolute atomic E-state index is 13.7. The monoisotopic (exact) mass is 578 g/mol. The molecule has 5 fully saturated rings. The van der Waals surface area contributed by atoms with Gasteiger partial charge in [0.25, 0.3) is 0 Å². The normalized spacial score (nSPS) is 29.8. The molecule has 1 aromatic heterocycles. The minimum Gasteiger partial charge on any atom is -0.464 e. The van der Waals surface area contributed by atoms with Gasteiger partial charge in [-0.3, -0.25) is 0 Å². The van der Waals surface area contributed by atoms with Gasteiger partial charge in [-0.25, -0.2) is 13.1 Å². The van der Waals surface area contributed by atoms with E-state index >= 15 is 0 Å². The third kappa shape index (κ3) is 4.91. The van der Waals surface area contributed by atoms with E-state index in [-0.39, 0.29) is 17.3 Å². The number of fused-ring (bicyclic) bond motifs is 1. The Balaban J connectivity index is 1.15. The van der Waals surface area contributed by atoms with Gasteiger partial charge in [-0.15, -0.1) is 0 Å². The quantitative estimate of drug-likeness (QED) is 0.392. The predicted octanol–water partition coefficient (Wildman–Crippen LogP) is 4.57. The Bertz CT molecular complexity index is 1540. The van der Waals surface area contributed by atoms with Gasteiger partial charge in [-0.2, -0.15) is 0 Å². The lowest BCUT2D eigenvalue weighted by molar-refractivity contribution is -0.199. The van der Waals surface area contributed by atoms with E-state index in [9.17, 15) is 8.42 Å². The van der Waals surface area contributed by atoms with Crippen molar-refractivity contribution in [1.29, 1.82) is 0 Å². The first-order valence-corrected chi connectivity index (χ1v) is 16.5. The molecule has 0 spiro atoms. The van der Waals surface area contributed by atoms with E-state index in [0.717, 1.165) is 53.7 Å². The van der Waals surface area contributed by atoms with Crippen LogP contribution < -0.4 is 9.62 Å². The van der Waals surface area contributed by atoms with E-state index in [1.807, 2.05) is 48.5 Å². The molecule has 41 heavy (non-hydrogen) atoms. The van der Waals surface area contributed by atoms with Crippen LogP contribution in [0.5, 0.6) is 0 Å². The summed E-state index contributed by atoms with van der Waals surface area (Å²) in [6.07, 6.45) is 4.16. The van der Waals surface area contributed by atoms with E-state index in [4.69, 9.17) is 18.5 Å². The molecule has 218 valence electrons. The van der Waals surface area contributed by atoms with Crippen LogP contribution in [0.2, 0.25) is 0 Å². The van der Waals surface area contributed by atoms with Crippen molar-refractivity contribution < 1.29 is 26.9 Å². The molecule has 2 aliphatic heterocycles.